The maximum absolute atomic E-state index is 12.0. The summed E-state index contributed by atoms with van der Waals surface area (Å²) >= 11 is 0. The molecule has 0 spiro atoms. The lowest BCUT2D eigenvalue weighted by atomic mass is 10.2. The number of hydrogen-bond donors (Lipinski definition) is 4. The Bertz CT molecular complexity index is 480. The molecule has 124 valence electrons. The van der Waals surface area contributed by atoms with Crippen LogP contribution in [0.2, 0.25) is 0 Å². The highest BCUT2D eigenvalue weighted by atomic mass is 32.2. The minimum absolute atomic E-state index is 0.0626. The van der Waals surface area contributed by atoms with Crippen LogP contribution in [0.25, 0.3) is 0 Å². The van der Waals surface area contributed by atoms with Crippen LogP contribution >= 0.6 is 0 Å². The number of benzene rings is 1. The van der Waals surface area contributed by atoms with Gasteiger partial charge in [0.1, 0.15) is 11.0 Å². The first-order valence-electron chi connectivity index (χ1n) is 6.38. The molecular weight excluding hydrogens is 312 g/mol. The van der Waals surface area contributed by atoms with Gasteiger partial charge in [0.2, 0.25) is 0 Å². The maximum Gasteiger partial charge on any atom is 0.303 e. The first-order chi connectivity index (χ1) is 10.4. The van der Waals surface area contributed by atoms with Gasteiger partial charge in [-0.2, -0.15) is 5.48 Å². The molecule has 1 aromatic rings. The number of hydrogen-bond acceptors (Lipinski definition) is 4. The summed E-state index contributed by atoms with van der Waals surface area (Å²) in [6.45, 7) is 1.56. The summed E-state index contributed by atoms with van der Waals surface area (Å²) < 4.78 is 14.9. The van der Waals surface area contributed by atoms with Gasteiger partial charge in [-0.1, -0.05) is 0 Å². The summed E-state index contributed by atoms with van der Waals surface area (Å²) in [5.41, 5.74) is 2.48. The number of aliphatic carboxylic acids is 1. The fourth-order valence-corrected chi connectivity index (χ4v) is 2.46. The van der Waals surface area contributed by atoms with E-state index >= 15 is 0 Å². The molecule has 1 rings (SSSR count). The minimum Gasteiger partial charge on any atom is -0.483 e. The van der Waals surface area contributed by atoms with Crippen LogP contribution in [0.15, 0.2) is 29.2 Å². The van der Waals surface area contributed by atoms with Crippen LogP contribution in [0.1, 0.15) is 19.8 Å². The number of carbonyl (C=O) groups is 2. The lowest BCUT2D eigenvalue weighted by Gasteiger charge is -2.11. The Labute approximate surface area is 131 Å². The molecule has 0 heterocycles. The van der Waals surface area contributed by atoms with Crippen molar-refractivity contribution in [1.82, 2.24) is 4.72 Å². The first kappa shape index (κ1) is 20.2. The Hall–Kier alpha value is -1.81. The molecule has 0 amide bonds. The van der Waals surface area contributed by atoms with Crippen molar-refractivity contribution >= 4 is 29.1 Å². The van der Waals surface area contributed by atoms with E-state index in [2.05, 4.69) is 4.72 Å². The smallest absolute Gasteiger partial charge is 0.303 e. The summed E-state index contributed by atoms with van der Waals surface area (Å²) in [6.07, 6.45) is 0.504. The van der Waals surface area contributed by atoms with Crippen molar-refractivity contribution in [2.75, 3.05) is 7.11 Å². The zero-order valence-electron chi connectivity index (χ0n) is 12.4. The second kappa shape index (κ2) is 11.8. The van der Waals surface area contributed by atoms with Gasteiger partial charge in [0.15, 0.2) is 5.69 Å². The number of quaternary nitrogens is 1. The number of carboxylic acid groups (broad SMARTS) is 2. The third kappa shape index (κ3) is 9.19. The summed E-state index contributed by atoms with van der Waals surface area (Å²) in [4.78, 5) is 24.3. The molecule has 1 aromatic carbocycles. The molecular formula is C13H21N2O6S+. The highest BCUT2D eigenvalue weighted by Crippen LogP contribution is 2.09. The SMILES string of the molecule is CO[NH2+]c1ccc(S(=O)NC(C)CCC(=O)O)cc1.O=CO. The Morgan fingerprint density at radius 3 is 2.45 bits per heavy atom. The Morgan fingerprint density at radius 1 is 1.45 bits per heavy atom. The summed E-state index contributed by atoms with van der Waals surface area (Å²) in [6, 6.07) is 6.98. The van der Waals surface area contributed by atoms with E-state index in [1.807, 2.05) is 6.92 Å². The molecule has 0 bridgehead atoms. The lowest BCUT2D eigenvalue weighted by Crippen LogP contribution is -2.75. The maximum atomic E-state index is 12.0. The topological polar surface area (TPSA) is 130 Å². The van der Waals surface area contributed by atoms with E-state index in [1.165, 1.54) is 0 Å². The second-order valence-electron chi connectivity index (χ2n) is 4.25. The minimum atomic E-state index is -1.34. The standard InChI is InChI=1S/C12H18N2O4S.CH2O2/c1-9(3-8-12(15)16)14-19(17)11-6-4-10(5-7-11)13-18-2;2-1-3/h4-7,9,13-14H,3,8H2,1-2H3,(H,15,16);1H,(H,2,3)/p+1. The quantitative estimate of drug-likeness (QED) is 0.301. The van der Waals surface area contributed by atoms with Crippen LogP contribution in [-0.2, 0) is 25.4 Å². The molecule has 0 aromatic heterocycles. The molecule has 2 unspecified atom stereocenters. The average molecular weight is 333 g/mol. The number of rotatable bonds is 8. The Balaban J connectivity index is 0.00000135. The molecule has 2 atom stereocenters. The molecule has 5 N–H and O–H groups in total. The van der Waals surface area contributed by atoms with Gasteiger partial charge in [-0.15, -0.1) is 0 Å². The van der Waals surface area contributed by atoms with E-state index < -0.39 is 17.0 Å². The van der Waals surface area contributed by atoms with Crippen molar-refractivity contribution in [1.29, 1.82) is 0 Å². The zero-order valence-corrected chi connectivity index (χ0v) is 13.2. The van der Waals surface area contributed by atoms with Crippen molar-refractivity contribution in [2.45, 2.75) is 30.7 Å². The molecule has 0 aliphatic rings. The average Bonchev–Trinajstić information content (AvgIpc) is 2.47. The van der Waals surface area contributed by atoms with Gasteiger partial charge >= 0.3 is 5.97 Å². The molecule has 0 saturated carbocycles. The van der Waals surface area contributed by atoms with Gasteiger partial charge in [-0.25, -0.2) is 13.8 Å². The van der Waals surface area contributed by atoms with Gasteiger partial charge < -0.3 is 10.2 Å². The first-order valence-corrected chi connectivity index (χ1v) is 7.53. The molecule has 0 radical (unpaired) electrons. The van der Waals surface area contributed by atoms with Gasteiger partial charge in [0.25, 0.3) is 6.47 Å². The molecule has 0 saturated heterocycles. The van der Waals surface area contributed by atoms with E-state index in [1.54, 1.807) is 36.9 Å². The van der Waals surface area contributed by atoms with Crippen LogP contribution in [-0.4, -0.2) is 40.0 Å². The van der Waals surface area contributed by atoms with E-state index in [-0.39, 0.29) is 18.9 Å². The van der Waals surface area contributed by atoms with Crippen LogP contribution in [0.3, 0.4) is 0 Å². The molecule has 0 aliphatic heterocycles. The third-order valence-corrected chi connectivity index (χ3v) is 3.76. The van der Waals surface area contributed by atoms with Crippen molar-refractivity contribution in [3.63, 3.8) is 0 Å². The predicted molar refractivity (Wildman–Crippen MR) is 79.6 cm³/mol. The van der Waals surface area contributed by atoms with Crippen LogP contribution in [0, 0.1) is 0 Å². The van der Waals surface area contributed by atoms with Gasteiger partial charge in [-0.05, 0) is 25.5 Å². The highest BCUT2D eigenvalue weighted by Gasteiger charge is 2.10. The van der Waals surface area contributed by atoms with E-state index in [0.717, 1.165) is 5.69 Å². The summed E-state index contributed by atoms with van der Waals surface area (Å²) in [5, 5.41) is 15.5. The van der Waals surface area contributed by atoms with Gasteiger partial charge in [0.05, 0.1) is 12.0 Å². The third-order valence-electron chi connectivity index (χ3n) is 2.45. The van der Waals surface area contributed by atoms with Gasteiger partial charge in [-0.3, -0.25) is 9.59 Å². The summed E-state index contributed by atoms with van der Waals surface area (Å²) in [7, 11) is 0.229. The normalized spacial score (nSPS) is 12.6. The highest BCUT2D eigenvalue weighted by molar-refractivity contribution is 7.83. The Morgan fingerprint density at radius 2 is 2.00 bits per heavy atom. The van der Waals surface area contributed by atoms with Crippen molar-refractivity contribution in [2.24, 2.45) is 0 Å². The molecule has 0 aliphatic carbocycles. The molecule has 22 heavy (non-hydrogen) atoms. The number of nitrogens with one attached hydrogen (secondary N) is 1. The molecule has 9 heteroatoms. The summed E-state index contributed by atoms with van der Waals surface area (Å²) in [5.74, 6) is -0.848. The van der Waals surface area contributed by atoms with Crippen molar-refractivity contribution in [3.05, 3.63) is 24.3 Å². The molecule has 8 nitrogen and oxygen atoms in total. The van der Waals surface area contributed by atoms with E-state index in [4.69, 9.17) is 19.8 Å². The van der Waals surface area contributed by atoms with Crippen molar-refractivity contribution < 1.29 is 34.3 Å². The van der Waals surface area contributed by atoms with Crippen LogP contribution in [0.4, 0.5) is 5.69 Å². The van der Waals surface area contributed by atoms with Crippen LogP contribution < -0.4 is 10.2 Å². The second-order valence-corrected chi connectivity index (χ2v) is 5.49. The number of carboxylic acids is 1. The predicted octanol–water partition coefficient (Wildman–Crippen LogP) is 0.00920. The fraction of sp³-hybridized carbons (Fsp3) is 0.385. The van der Waals surface area contributed by atoms with E-state index in [9.17, 15) is 9.00 Å². The monoisotopic (exact) mass is 333 g/mol. The van der Waals surface area contributed by atoms with E-state index in [0.29, 0.717) is 11.3 Å². The van der Waals surface area contributed by atoms with Crippen LogP contribution in [0.5, 0.6) is 0 Å². The number of nitrogens with two attached hydrogens (primary N) is 1. The van der Waals surface area contributed by atoms with Gasteiger partial charge in [0, 0.05) is 24.6 Å². The Kier molecular flexibility index (Phi) is 10.8. The lowest BCUT2D eigenvalue weighted by molar-refractivity contribution is -0.830. The van der Waals surface area contributed by atoms with Crippen molar-refractivity contribution in [3.8, 4) is 0 Å². The largest absolute Gasteiger partial charge is 0.483 e. The zero-order chi connectivity index (χ0) is 17.0. The fourth-order valence-electron chi connectivity index (χ4n) is 1.46. The molecule has 0 fully saturated rings.